The lowest BCUT2D eigenvalue weighted by Crippen LogP contribution is -2.29. The number of nitrogens with one attached hydrogen (secondary N) is 2. The molecule has 0 spiro atoms. The lowest BCUT2D eigenvalue weighted by molar-refractivity contribution is -0.115. The first-order valence-corrected chi connectivity index (χ1v) is 10.3. The van der Waals surface area contributed by atoms with Gasteiger partial charge in [-0.2, -0.15) is 0 Å². The smallest absolute Gasteiger partial charge is 0.274 e. The van der Waals surface area contributed by atoms with Crippen LogP contribution in [0.3, 0.4) is 0 Å². The molecule has 2 fully saturated rings. The molecule has 142 valence electrons. The molecule has 0 unspecified atom stereocenters. The minimum absolute atomic E-state index is 0.0429. The first-order valence-electron chi connectivity index (χ1n) is 9.39. The molecular weight excluding hydrogens is 360 g/mol. The van der Waals surface area contributed by atoms with E-state index in [2.05, 4.69) is 29.5 Å². The van der Waals surface area contributed by atoms with Gasteiger partial charge < -0.3 is 10.1 Å². The first-order chi connectivity index (χ1) is 13.1. The van der Waals surface area contributed by atoms with E-state index in [4.69, 9.17) is 9.73 Å². The summed E-state index contributed by atoms with van der Waals surface area (Å²) in [7, 11) is 0. The fourth-order valence-electron chi connectivity index (χ4n) is 3.05. The average molecular weight is 385 g/mol. The molecule has 2 aliphatic rings. The monoisotopic (exact) mass is 384 g/mol. The number of aliphatic imine (C=N–C) groups is 1. The zero-order valence-electron chi connectivity index (χ0n) is 15.6. The van der Waals surface area contributed by atoms with Crippen LogP contribution < -0.4 is 10.6 Å². The molecule has 7 heteroatoms. The molecule has 1 atom stereocenters. The summed E-state index contributed by atoms with van der Waals surface area (Å²) in [5.74, 6) is 0.861. The maximum absolute atomic E-state index is 12.3. The molecule has 27 heavy (non-hydrogen) atoms. The van der Waals surface area contributed by atoms with Crippen molar-refractivity contribution in [1.82, 2.24) is 15.6 Å². The molecule has 1 saturated carbocycles. The summed E-state index contributed by atoms with van der Waals surface area (Å²) in [6, 6.07) is 6.01. The van der Waals surface area contributed by atoms with Crippen molar-refractivity contribution in [2.24, 2.45) is 10.9 Å². The van der Waals surface area contributed by atoms with Gasteiger partial charge in [0.05, 0.1) is 34.5 Å². The van der Waals surface area contributed by atoms with E-state index in [1.807, 2.05) is 29.8 Å². The molecule has 2 N–H and O–H groups in total. The third-order valence-corrected chi connectivity index (χ3v) is 5.29. The topological polar surface area (TPSA) is 75.6 Å². The second-order valence-electron chi connectivity index (χ2n) is 7.51. The third-order valence-electron chi connectivity index (χ3n) is 4.50. The summed E-state index contributed by atoms with van der Waals surface area (Å²) in [5, 5.41) is 5.95. The van der Waals surface area contributed by atoms with Crippen LogP contribution in [-0.2, 0) is 9.53 Å². The van der Waals surface area contributed by atoms with Crippen LogP contribution >= 0.6 is 11.3 Å². The van der Waals surface area contributed by atoms with Crippen molar-refractivity contribution in [3.05, 3.63) is 35.0 Å². The number of thiazole rings is 1. The number of hydrogen-bond donors (Lipinski definition) is 2. The van der Waals surface area contributed by atoms with Crippen LogP contribution in [0.25, 0.3) is 16.3 Å². The van der Waals surface area contributed by atoms with Gasteiger partial charge in [-0.1, -0.05) is 19.9 Å². The molecule has 1 amide bonds. The van der Waals surface area contributed by atoms with Crippen LogP contribution in [0.1, 0.15) is 38.7 Å². The van der Waals surface area contributed by atoms with E-state index in [1.165, 1.54) is 0 Å². The molecular formula is C20H24N4O2S. The highest BCUT2D eigenvalue weighted by Gasteiger charge is 2.26. The van der Waals surface area contributed by atoms with Crippen molar-refractivity contribution < 1.29 is 9.53 Å². The predicted molar refractivity (Wildman–Crippen MR) is 109 cm³/mol. The normalized spacial score (nSPS) is 21.2. The number of fused-ring (bicyclic) bond motifs is 1. The average Bonchev–Trinajstić information content (AvgIpc) is 3.23. The lowest BCUT2D eigenvalue weighted by atomic mass is 10.1. The van der Waals surface area contributed by atoms with Gasteiger partial charge in [-0.15, -0.1) is 11.3 Å². The SMILES string of the molecule is CC(C)C[C@H](COC1CC1)N=C1NC(=O)/C(=C/c2ccc3ncsc3c2)N1. The van der Waals surface area contributed by atoms with E-state index in [9.17, 15) is 4.79 Å². The second kappa shape index (κ2) is 7.78. The van der Waals surface area contributed by atoms with Gasteiger partial charge in [-0.05, 0) is 49.0 Å². The van der Waals surface area contributed by atoms with Crippen LogP contribution in [0.5, 0.6) is 0 Å². The van der Waals surface area contributed by atoms with E-state index in [0.717, 1.165) is 35.0 Å². The van der Waals surface area contributed by atoms with Crippen molar-refractivity contribution in [3.8, 4) is 0 Å². The Balaban J connectivity index is 1.47. The summed E-state index contributed by atoms with van der Waals surface area (Å²) in [5.41, 5.74) is 4.26. The molecule has 0 bridgehead atoms. The van der Waals surface area contributed by atoms with E-state index in [1.54, 1.807) is 11.3 Å². The van der Waals surface area contributed by atoms with Gasteiger partial charge in [0.2, 0.25) is 5.96 Å². The highest BCUT2D eigenvalue weighted by molar-refractivity contribution is 7.16. The standard InChI is InChI=1S/C20H24N4O2S/c1-12(2)7-14(10-26-15-4-5-15)22-20-23-17(19(25)24-20)8-13-3-6-16-18(9-13)27-11-21-16/h3,6,8-9,11-12,14-15H,4-5,7,10H2,1-2H3,(H2,22,23,24,25)/b17-8-/t14-/m1/s1. The van der Waals surface area contributed by atoms with Crippen molar-refractivity contribution in [2.45, 2.75) is 45.3 Å². The number of nitrogens with zero attached hydrogens (tertiary/aromatic N) is 2. The van der Waals surface area contributed by atoms with Gasteiger partial charge in [-0.3, -0.25) is 10.1 Å². The highest BCUT2D eigenvalue weighted by atomic mass is 32.1. The van der Waals surface area contributed by atoms with E-state index in [-0.39, 0.29) is 11.9 Å². The minimum atomic E-state index is -0.162. The molecule has 0 radical (unpaired) electrons. The number of benzene rings is 1. The van der Waals surface area contributed by atoms with Crippen molar-refractivity contribution in [2.75, 3.05) is 6.61 Å². The summed E-state index contributed by atoms with van der Waals surface area (Å²) >= 11 is 1.59. The number of carbonyl (C=O) groups is 1. The molecule has 4 rings (SSSR count). The van der Waals surface area contributed by atoms with Crippen LogP contribution in [-0.4, -0.2) is 35.6 Å². The number of carbonyl (C=O) groups excluding carboxylic acids is 1. The Morgan fingerprint density at radius 1 is 1.37 bits per heavy atom. The molecule has 1 aromatic heterocycles. The van der Waals surface area contributed by atoms with Crippen LogP contribution in [0.15, 0.2) is 34.4 Å². The van der Waals surface area contributed by atoms with E-state index < -0.39 is 0 Å². The zero-order chi connectivity index (χ0) is 18.8. The fraction of sp³-hybridized carbons (Fsp3) is 0.450. The Bertz CT molecular complexity index is 898. The van der Waals surface area contributed by atoms with Crippen molar-refractivity contribution >= 4 is 39.5 Å². The van der Waals surface area contributed by atoms with Gasteiger partial charge in [-0.25, -0.2) is 9.98 Å². The molecule has 6 nitrogen and oxygen atoms in total. The summed E-state index contributed by atoms with van der Waals surface area (Å²) in [4.78, 5) is 21.3. The third kappa shape index (κ3) is 4.73. The Kier molecular flexibility index (Phi) is 5.22. The van der Waals surface area contributed by atoms with Crippen LogP contribution in [0, 0.1) is 5.92 Å². The molecule has 1 aromatic carbocycles. The maximum atomic E-state index is 12.3. The van der Waals surface area contributed by atoms with E-state index in [0.29, 0.717) is 30.3 Å². The molecule has 2 aromatic rings. The van der Waals surface area contributed by atoms with Gasteiger partial charge in [0.15, 0.2) is 0 Å². The van der Waals surface area contributed by atoms with Gasteiger partial charge in [0.25, 0.3) is 5.91 Å². The fourth-order valence-corrected chi connectivity index (χ4v) is 3.78. The zero-order valence-corrected chi connectivity index (χ0v) is 16.4. The number of rotatable bonds is 7. The summed E-state index contributed by atoms with van der Waals surface area (Å²) in [6.07, 6.45) is 5.47. The number of guanidine groups is 1. The largest absolute Gasteiger partial charge is 0.376 e. The van der Waals surface area contributed by atoms with Gasteiger partial charge >= 0.3 is 0 Å². The molecule has 1 saturated heterocycles. The minimum Gasteiger partial charge on any atom is -0.376 e. The Morgan fingerprint density at radius 2 is 2.22 bits per heavy atom. The highest BCUT2D eigenvalue weighted by Crippen LogP contribution is 2.24. The molecule has 2 heterocycles. The van der Waals surface area contributed by atoms with Crippen molar-refractivity contribution in [3.63, 3.8) is 0 Å². The molecule has 1 aliphatic carbocycles. The first kappa shape index (κ1) is 18.1. The molecule has 1 aliphatic heterocycles. The van der Waals surface area contributed by atoms with Crippen LogP contribution in [0.2, 0.25) is 0 Å². The van der Waals surface area contributed by atoms with Crippen molar-refractivity contribution in [1.29, 1.82) is 0 Å². The summed E-state index contributed by atoms with van der Waals surface area (Å²) in [6.45, 7) is 4.95. The number of hydrogen-bond acceptors (Lipinski definition) is 5. The number of amides is 1. The van der Waals surface area contributed by atoms with Gasteiger partial charge in [0, 0.05) is 0 Å². The van der Waals surface area contributed by atoms with E-state index >= 15 is 0 Å². The second-order valence-corrected chi connectivity index (χ2v) is 8.40. The lowest BCUT2D eigenvalue weighted by Gasteiger charge is -2.15. The van der Waals surface area contributed by atoms with Gasteiger partial charge in [0.1, 0.15) is 5.70 Å². The number of aromatic nitrogens is 1. The van der Waals surface area contributed by atoms with Crippen LogP contribution in [0.4, 0.5) is 0 Å². The summed E-state index contributed by atoms with van der Waals surface area (Å²) < 4.78 is 6.94. The predicted octanol–water partition coefficient (Wildman–Crippen LogP) is 3.31. The Morgan fingerprint density at radius 3 is 3.00 bits per heavy atom. The Hall–Kier alpha value is -2.25. The quantitative estimate of drug-likeness (QED) is 0.718. The maximum Gasteiger partial charge on any atom is 0.274 e. The Labute approximate surface area is 162 Å². The number of ether oxygens (including phenoxy) is 1.